The SMILES string of the molecule is NC1CCCCC1CNC(=O)C1(c2ccccc2)CC1. The Labute approximate surface area is 120 Å². The van der Waals surface area contributed by atoms with Crippen molar-refractivity contribution in [3.8, 4) is 0 Å². The van der Waals surface area contributed by atoms with Crippen molar-refractivity contribution in [3.63, 3.8) is 0 Å². The minimum atomic E-state index is -0.250. The van der Waals surface area contributed by atoms with Crippen LogP contribution >= 0.6 is 0 Å². The van der Waals surface area contributed by atoms with Crippen LogP contribution in [0.15, 0.2) is 30.3 Å². The van der Waals surface area contributed by atoms with E-state index in [1.165, 1.54) is 12.8 Å². The molecule has 1 aromatic rings. The van der Waals surface area contributed by atoms with E-state index in [-0.39, 0.29) is 17.4 Å². The van der Waals surface area contributed by atoms with Gasteiger partial charge in [-0.1, -0.05) is 43.2 Å². The standard InChI is InChI=1S/C17H24N2O/c18-15-9-5-4-6-13(15)12-19-16(20)17(10-11-17)14-7-2-1-3-8-14/h1-3,7-8,13,15H,4-6,9-12,18H2,(H,19,20). The fraction of sp³-hybridized carbons (Fsp3) is 0.588. The lowest BCUT2D eigenvalue weighted by Crippen LogP contribution is -2.43. The summed E-state index contributed by atoms with van der Waals surface area (Å²) in [5.74, 6) is 0.653. The molecule has 2 aliphatic rings. The minimum absolute atomic E-state index is 0.196. The molecule has 0 radical (unpaired) electrons. The topological polar surface area (TPSA) is 55.1 Å². The second-order valence-corrected chi connectivity index (χ2v) is 6.37. The number of benzene rings is 1. The number of hydrogen-bond donors (Lipinski definition) is 2. The van der Waals surface area contributed by atoms with Crippen molar-refractivity contribution in [1.82, 2.24) is 5.32 Å². The smallest absolute Gasteiger partial charge is 0.230 e. The molecule has 108 valence electrons. The second-order valence-electron chi connectivity index (χ2n) is 6.37. The Morgan fingerprint density at radius 3 is 2.55 bits per heavy atom. The molecule has 3 heteroatoms. The van der Waals surface area contributed by atoms with E-state index in [0.717, 1.165) is 37.8 Å². The lowest BCUT2D eigenvalue weighted by atomic mass is 9.85. The lowest BCUT2D eigenvalue weighted by Gasteiger charge is -2.29. The largest absolute Gasteiger partial charge is 0.355 e. The Morgan fingerprint density at radius 2 is 1.90 bits per heavy atom. The zero-order chi connectivity index (χ0) is 14.0. The summed E-state index contributed by atoms with van der Waals surface area (Å²) < 4.78 is 0. The van der Waals surface area contributed by atoms with E-state index in [2.05, 4.69) is 17.4 Å². The van der Waals surface area contributed by atoms with Crippen LogP contribution in [0.1, 0.15) is 44.1 Å². The number of carbonyl (C=O) groups is 1. The molecule has 1 aromatic carbocycles. The summed E-state index contributed by atoms with van der Waals surface area (Å²) in [4.78, 5) is 12.5. The average Bonchev–Trinajstić information content (AvgIpc) is 3.29. The number of rotatable bonds is 4. The van der Waals surface area contributed by atoms with Crippen molar-refractivity contribution < 1.29 is 4.79 Å². The van der Waals surface area contributed by atoms with Gasteiger partial charge < -0.3 is 11.1 Å². The van der Waals surface area contributed by atoms with E-state index in [1.807, 2.05) is 18.2 Å². The summed E-state index contributed by atoms with van der Waals surface area (Å²) in [6, 6.07) is 10.4. The summed E-state index contributed by atoms with van der Waals surface area (Å²) in [5.41, 5.74) is 7.06. The first-order chi connectivity index (χ1) is 9.72. The Bertz CT molecular complexity index is 467. The highest BCUT2D eigenvalue weighted by molar-refractivity contribution is 5.91. The number of nitrogens with two attached hydrogens (primary N) is 1. The van der Waals surface area contributed by atoms with E-state index in [0.29, 0.717) is 5.92 Å². The molecular weight excluding hydrogens is 248 g/mol. The number of hydrogen-bond acceptors (Lipinski definition) is 2. The third kappa shape index (κ3) is 2.59. The fourth-order valence-electron chi connectivity index (χ4n) is 3.41. The Balaban J connectivity index is 1.59. The molecule has 2 atom stereocenters. The molecule has 2 fully saturated rings. The van der Waals surface area contributed by atoms with Crippen molar-refractivity contribution in [1.29, 1.82) is 0 Å². The van der Waals surface area contributed by atoms with Crippen LogP contribution in [0.3, 0.4) is 0 Å². The maximum absolute atomic E-state index is 12.5. The van der Waals surface area contributed by atoms with E-state index in [1.54, 1.807) is 0 Å². The molecular formula is C17H24N2O. The molecule has 3 rings (SSSR count). The molecule has 0 aromatic heterocycles. The Kier molecular flexibility index (Phi) is 3.79. The maximum atomic E-state index is 12.5. The molecule has 3 nitrogen and oxygen atoms in total. The number of carbonyl (C=O) groups excluding carboxylic acids is 1. The predicted octanol–water partition coefficient (Wildman–Crippen LogP) is 2.35. The Morgan fingerprint density at radius 1 is 1.20 bits per heavy atom. The van der Waals surface area contributed by atoms with Gasteiger partial charge in [0, 0.05) is 12.6 Å². The quantitative estimate of drug-likeness (QED) is 0.884. The van der Waals surface area contributed by atoms with E-state index >= 15 is 0 Å². The minimum Gasteiger partial charge on any atom is -0.355 e. The molecule has 2 unspecified atom stereocenters. The van der Waals surface area contributed by atoms with Crippen molar-refractivity contribution in [2.45, 2.75) is 50.0 Å². The van der Waals surface area contributed by atoms with Crippen molar-refractivity contribution in [2.75, 3.05) is 6.54 Å². The molecule has 20 heavy (non-hydrogen) atoms. The van der Waals surface area contributed by atoms with Gasteiger partial charge in [0.05, 0.1) is 5.41 Å². The van der Waals surface area contributed by atoms with Gasteiger partial charge >= 0.3 is 0 Å². The molecule has 3 N–H and O–H groups in total. The summed E-state index contributed by atoms with van der Waals surface area (Å²) >= 11 is 0. The molecule has 0 saturated heterocycles. The van der Waals surface area contributed by atoms with Gasteiger partial charge in [0.1, 0.15) is 0 Å². The fourth-order valence-corrected chi connectivity index (χ4v) is 3.41. The van der Waals surface area contributed by atoms with Gasteiger partial charge in [0.25, 0.3) is 0 Å². The number of amides is 1. The van der Waals surface area contributed by atoms with Crippen LogP contribution in [0.25, 0.3) is 0 Å². The van der Waals surface area contributed by atoms with Gasteiger partial charge in [-0.15, -0.1) is 0 Å². The molecule has 0 bridgehead atoms. The van der Waals surface area contributed by atoms with Gasteiger partial charge in [-0.2, -0.15) is 0 Å². The van der Waals surface area contributed by atoms with Crippen molar-refractivity contribution >= 4 is 5.91 Å². The summed E-state index contributed by atoms with van der Waals surface area (Å²) in [5, 5.41) is 3.17. The predicted molar refractivity (Wildman–Crippen MR) is 80.3 cm³/mol. The van der Waals surface area contributed by atoms with Gasteiger partial charge in [-0.25, -0.2) is 0 Å². The van der Waals surface area contributed by atoms with Crippen LogP contribution in [-0.2, 0) is 10.2 Å². The average molecular weight is 272 g/mol. The van der Waals surface area contributed by atoms with Crippen LogP contribution < -0.4 is 11.1 Å². The van der Waals surface area contributed by atoms with Crippen molar-refractivity contribution in [2.24, 2.45) is 11.7 Å². The van der Waals surface area contributed by atoms with Crippen LogP contribution in [0.4, 0.5) is 0 Å². The highest BCUT2D eigenvalue weighted by atomic mass is 16.2. The zero-order valence-electron chi connectivity index (χ0n) is 12.0. The zero-order valence-corrected chi connectivity index (χ0v) is 12.0. The monoisotopic (exact) mass is 272 g/mol. The van der Waals surface area contributed by atoms with Crippen LogP contribution in [-0.4, -0.2) is 18.5 Å². The normalized spacial score (nSPS) is 27.9. The second kappa shape index (κ2) is 5.57. The highest BCUT2D eigenvalue weighted by Crippen LogP contribution is 2.48. The van der Waals surface area contributed by atoms with Crippen LogP contribution in [0.5, 0.6) is 0 Å². The molecule has 2 aliphatic carbocycles. The molecule has 0 spiro atoms. The summed E-state index contributed by atoms with van der Waals surface area (Å²) in [6.45, 7) is 0.745. The van der Waals surface area contributed by atoms with E-state index in [4.69, 9.17) is 5.73 Å². The maximum Gasteiger partial charge on any atom is 0.230 e. The molecule has 2 saturated carbocycles. The molecule has 1 amide bonds. The summed E-state index contributed by atoms with van der Waals surface area (Å²) in [6.07, 6.45) is 6.68. The third-order valence-corrected chi connectivity index (χ3v) is 5.00. The van der Waals surface area contributed by atoms with Gasteiger partial charge in [-0.05, 0) is 37.2 Å². The van der Waals surface area contributed by atoms with Gasteiger partial charge in [-0.3, -0.25) is 4.79 Å². The van der Waals surface area contributed by atoms with Crippen LogP contribution in [0.2, 0.25) is 0 Å². The van der Waals surface area contributed by atoms with Crippen molar-refractivity contribution in [3.05, 3.63) is 35.9 Å². The number of nitrogens with one attached hydrogen (secondary N) is 1. The highest BCUT2D eigenvalue weighted by Gasteiger charge is 2.51. The first-order valence-corrected chi connectivity index (χ1v) is 7.82. The third-order valence-electron chi connectivity index (χ3n) is 5.00. The van der Waals surface area contributed by atoms with Crippen LogP contribution in [0, 0.1) is 5.92 Å². The first kappa shape index (κ1) is 13.6. The van der Waals surface area contributed by atoms with Gasteiger partial charge in [0.15, 0.2) is 0 Å². The first-order valence-electron chi connectivity index (χ1n) is 7.82. The van der Waals surface area contributed by atoms with E-state index in [9.17, 15) is 4.79 Å². The Hall–Kier alpha value is -1.35. The lowest BCUT2D eigenvalue weighted by molar-refractivity contribution is -0.123. The molecule has 0 aliphatic heterocycles. The van der Waals surface area contributed by atoms with E-state index < -0.39 is 0 Å². The van der Waals surface area contributed by atoms with Gasteiger partial charge in [0.2, 0.25) is 5.91 Å². The molecule has 0 heterocycles. The summed E-state index contributed by atoms with van der Waals surface area (Å²) in [7, 11) is 0.